The van der Waals surface area contributed by atoms with E-state index in [1.165, 1.54) is 26.1 Å². The number of rotatable bonds is 4. The maximum Gasteiger partial charge on any atom is 0.276 e. The van der Waals surface area contributed by atoms with Gasteiger partial charge in [0.05, 0.1) is 18.8 Å². The number of hydroxylamine groups is 1. The van der Waals surface area contributed by atoms with Crippen LogP contribution in [-0.2, 0) is 4.84 Å². The van der Waals surface area contributed by atoms with Crippen molar-refractivity contribution in [2.75, 3.05) is 7.11 Å². The van der Waals surface area contributed by atoms with Crippen LogP contribution in [0, 0.1) is 0 Å². The summed E-state index contributed by atoms with van der Waals surface area (Å²) in [4.78, 5) is 21.0. The Morgan fingerprint density at radius 1 is 1.41 bits per heavy atom. The molecule has 1 saturated carbocycles. The summed E-state index contributed by atoms with van der Waals surface area (Å²) in [7, 11) is 1.53. The first-order valence-electron chi connectivity index (χ1n) is 5.75. The van der Waals surface area contributed by atoms with Crippen molar-refractivity contribution in [1.82, 2.24) is 10.5 Å². The van der Waals surface area contributed by atoms with Crippen LogP contribution in [0.15, 0.2) is 18.3 Å². The molecule has 0 unspecified atom stereocenters. The van der Waals surface area contributed by atoms with Crippen LogP contribution in [0.3, 0.4) is 0 Å². The van der Waals surface area contributed by atoms with Crippen LogP contribution in [0.4, 0.5) is 0 Å². The van der Waals surface area contributed by atoms with E-state index in [1.807, 2.05) is 0 Å². The van der Waals surface area contributed by atoms with Gasteiger partial charge in [-0.3, -0.25) is 9.63 Å². The molecular formula is C12H16N2O3. The smallest absolute Gasteiger partial charge is 0.276 e. The molecule has 1 aromatic heterocycles. The molecule has 1 heterocycles. The molecule has 1 aliphatic rings. The first-order valence-corrected chi connectivity index (χ1v) is 5.75. The van der Waals surface area contributed by atoms with Crippen LogP contribution in [0.1, 0.15) is 36.0 Å². The van der Waals surface area contributed by atoms with Gasteiger partial charge in [-0.1, -0.05) is 12.8 Å². The molecule has 1 amide bonds. The normalized spacial score (nSPS) is 15.8. The number of carbonyl (C=O) groups is 1. The van der Waals surface area contributed by atoms with Crippen LogP contribution < -0.4 is 10.2 Å². The van der Waals surface area contributed by atoms with Crippen LogP contribution in [-0.4, -0.2) is 24.1 Å². The fourth-order valence-corrected chi connectivity index (χ4v) is 1.84. The number of hydrogen-bond donors (Lipinski definition) is 1. The van der Waals surface area contributed by atoms with Gasteiger partial charge in [-0.25, -0.2) is 10.5 Å². The molecule has 0 radical (unpaired) electrons. The summed E-state index contributed by atoms with van der Waals surface area (Å²) >= 11 is 0. The van der Waals surface area contributed by atoms with Gasteiger partial charge >= 0.3 is 0 Å². The van der Waals surface area contributed by atoms with E-state index in [0.29, 0.717) is 11.4 Å². The first kappa shape index (κ1) is 11.9. The average Bonchev–Trinajstić information content (AvgIpc) is 2.89. The molecule has 0 saturated heterocycles. The number of nitrogens with zero attached hydrogens (tertiary/aromatic N) is 1. The van der Waals surface area contributed by atoms with Crippen molar-refractivity contribution in [3.05, 3.63) is 23.9 Å². The molecule has 5 heteroatoms. The molecule has 5 nitrogen and oxygen atoms in total. The van der Waals surface area contributed by atoms with Gasteiger partial charge in [-0.2, -0.15) is 0 Å². The van der Waals surface area contributed by atoms with E-state index in [4.69, 9.17) is 9.57 Å². The number of aromatic nitrogens is 1. The Hall–Kier alpha value is -1.62. The molecule has 0 atom stereocenters. The average molecular weight is 236 g/mol. The second-order valence-electron chi connectivity index (χ2n) is 4.04. The number of pyridine rings is 1. The van der Waals surface area contributed by atoms with Gasteiger partial charge < -0.3 is 4.74 Å². The zero-order valence-corrected chi connectivity index (χ0v) is 9.81. The molecule has 1 aromatic rings. The number of hydrogen-bond acceptors (Lipinski definition) is 4. The summed E-state index contributed by atoms with van der Waals surface area (Å²) < 4.78 is 4.92. The van der Waals surface area contributed by atoms with E-state index in [1.54, 1.807) is 12.1 Å². The van der Waals surface area contributed by atoms with Crippen molar-refractivity contribution in [2.24, 2.45) is 0 Å². The number of amides is 1. The van der Waals surface area contributed by atoms with E-state index in [-0.39, 0.29) is 12.0 Å². The zero-order valence-electron chi connectivity index (χ0n) is 9.81. The number of ether oxygens (including phenoxy) is 1. The maximum atomic E-state index is 11.7. The number of methoxy groups -OCH3 is 1. The Balaban J connectivity index is 1.85. The SMILES string of the molecule is COc1ccc(C(=O)NOC2CCCC2)cn1. The molecule has 1 N–H and O–H groups in total. The van der Waals surface area contributed by atoms with Gasteiger partial charge in [0.25, 0.3) is 5.91 Å². The lowest BCUT2D eigenvalue weighted by molar-refractivity contribution is -0.0125. The minimum atomic E-state index is -0.271. The minimum absolute atomic E-state index is 0.158. The highest BCUT2D eigenvalue weighted by Crippen LogP contribution is 2.20. The maximum absolute atomic E-state index is 11.7. The third kappa shape index (κ3) is 3.17. The largest absolute Gasteiger partial charge is 0.481 e. The van der Waals surface area contributed by atoms with Crippen molar-refractivity contribution in [2.45, 2.75) is 31.8 Å². The van der Waals surface area contributed by atoms with E-state index in [0.717, 1.165) is 12.8 Å². The molecule has 2 rings (SSSR count). The molecule has 1 aliphatic carbocycles. The first-order chi connectivity index (χ1) is 8.29. The molecule has 0 aliphatic heterocycles. The van der Waals surface area contributed by atoms with E-state index in [2.05, 4.69) is 10.5 Å². The Morgan fingerprint density at radius 3 is 2.76 bits per heavy atom. The highest BCUT2D eigenvalue weighted by molar-refractivity contribution is 5.93. The van der Waals surface area contributed by atoms with Gasteiger partial charge in [0, 0.05) is 12.3 Å². The summed E-state index contributed by atoms with van der Waals surface area (Å²) in [6.07, 6.45) is 5.99. The Kier molecular flexibility index (Phi) is 3.93. The van der Waals surface area contributed by atoms with E-state index in [9.17, 15) is 4.79 Å². The Labute approximate surface area is 100 Å². The molecule has 0 aromatic carbocycles. The van der Waals surface area contributed by atoms with E-state index < -0.39 is 0 Å². The predicted octanol–water partition coefficient (Wildman–Crippen LogP) is 1.69. The van der Waals surface area contributed by atoms with Crippen LogP contribution >= 0.6 is 0 Å². The third-order valence-electron chi connectivity index (χ3n) is 2.83. The molecule has 0 spiro atoms. The second kappa shape index (κ2) is 5.63. The number of nitrogens with one attached hydrogen (secondary N) is 1. The summed E-state index contributed by atoms with van der Waals surface area (Å²) in [6, 6.07) is 3.30. The molecule has 0 bridgehead atoms. The Morgan fingerprint density at radius 2 is 2.18 bits per heavy atom. The quantitative estimate of drug-likeness (QED) is 0.808. The molecule has 1 fully saturated rings. The second-order valence-corrected chi connectivity index (χ2v) is 4.04. The highest BCUT2D eigenvalue weighted by atomic mass is 16.7. The monoisotopic (exact) mass is 236 g/mol. The topological polar surface area (TPSA) is 60.5 Å². The lowest BCUT2D eigenvalue weighted by Gasteiger charge is -2.11. The van der Waals surface area contributed by atoms with Gasteiger partial charge in [0.15, 0.2) is 0 Å². The highest BCUT2D eigenvalue weighted by Gasteiger charge is 2.17. The third-order valence-corrected chi connectivity index (χ3v) is 2.83. The minimum Gasteiger partial charge on any atom is -0.481 e. The van der Waals surface area contributed by atoms with Gasteiger partial charge in [-0.05, 0) is 18.9 Å². The summed E-state index contributed by atoms with van der Waals surface area (Å²) in [6.45, 7) is 0. The van der Waals surface area contributed by atoms with Gasteiger partial charge in [0.1, 0.15) is 0 Å². The lowest BCUT2D eigenvalue weighted by Crippen LogP contribution is -2.28. The molecular weight excluding hydrogens is 220 g/mol. The fraction of sp³-hybridized carbons (Fsp3) is 0.500. The van der Waals surface area contributed by atoms with Crippen LogP contribution in [0.5, 0.6) is 5.88 Å². The van der Waals surface area contributed by atoms with Crippen molar-refractivity contribution in [3.8, 4) is 5.88 Å². The van der Waals surface area contributed by atoms with Crippen molar-refractivity contribution in [1.29, 1.82) is 0 Å². The predicted molar refractivity (Wildman–Crippen MR) is 61.6 cm³/mol. The van der Waals surface area contributed by atoms with Gasteiger partial charge in [-0.15, -0.1) is 0 Å². The standard InChI is InChI=1S/C12H16N2O3/c1-16-11-7-6-9(8-13-11)12(15)14-17-10-4-2-3-5-10/h6-8,10H,2-5H2,1H3,(H,14,15). The van der Waals surface area contributed by atoms with E-state index >= 15 is 0 Å². The molecule has 92 valence electrons. The summed E-state index contributed by atoms with van der Waals surface area (Å²) in [5, 5.41) is 0. The summed E-state index contributed by atoms with van der Waals surface area (Å²) in [5.74, 6) is 0.213. The van der Waals surface area contributed by atoms with Crippen LogP contribution in [0.2, 0.25) is 0 Å². The van der Waals surface area contributed by atoms with Gasteiger partial charge in [0.2, 0.25) is 5.88 Å². The van der Waals surface area contributed by atoms with Crippen molar-refractivity contribution < 1.29 is 14.4 Å². The fourth-order valence-electron chi connectivity index (χ4n) is 1.84. The van der Waals surface area contributed by atoms with Crippen LogP contribution in [0.25, 0.3) is 0 Å². The number of carbonyl (C=O) groups excluding carboxylic acids is 1. The lowest BCUT2D eigenvalue weighted by atomic mass is 10.3. The van der Waals surface area contributed by atoms with Crippen molar-refractivity contribution in [3.63, 3.8) is 0 Å². The Bertz CT molecular complexity index is 372. The summed E-state index contributed by atoms with van der Waals surface area (Å²) in [5.41, 5.74) is 2.92. The van der Waals surface area contributed by atoms with Crippen molar-refractivity contribution >= 4 is 5.91 Å². The zero-order chi connectivity index (χ0) is 12.1. The molecule has 17 heavy (non-hydrogen) atoms.